The van der Waals surface area contributed by atoms with Gasteiger partial charge in [-0.15, -0.1) is 0 Å². The van der Waals surface area contributed by atoms with Crippen LogP contribution in [-0.2, 0) is 24.1 Å². The Morgan fingerprint density at radius 1 is 0.769 bits per heavy atom. The van der Waals surface area contributed by atoms with E-state index in [1.54, 1.807) is 0 Å². The smallest absolute Gasteiger partial charge is 0.321 e. The fraction of sp³-hybridized carbons (Fsp3) is 0.895. The first kappa shape index (κ1) is 15.8. The second-order valence-electron chi connectivity index (χ2n) is 9.73. The lowest BCUT2D eigenvalue weighted by molar-refractivity contribution is -0.375. The van der Waals surface area contributed by atoms with Gasteiger partial charge in [0.15, 0.2) is 5.41 Å². The van der Waals surface area contributed by atoms with Gasteiger partial charge in [-0.25, -0.2) is 0 Å². The van der Waals surface area contributed by atoms with Crippen LogP contribution in [0.5, 0.6) is 0 Å². The van der Waals surface area contributed by atoms with Gasteiger partial charge in [0, 0.05) is 24.7 Å². The average Bonchev–Trinajstić information content (AvgIpc) is 3.18. The van der Waals surface area contributed by atoms with E-state index >= 15 is 0 Å². The standard InChI is InChI=1S/C19H24O7/c20-14(21)16(15(22)23)1-3-18(4-2-16)24-19(26-25-18)12-6-10-5-11-7-13(19)9-17(10,11)8-12/h10-13H,1-9H2,(H,20,21)(H,22,23). The molecule has 5 saturated carbocycles. The highest BCUT2D eigenvalue weighted by Crippen LogP contribution is 2.79. The molecule has 3 bridgehead atoms. The molecule has 7 nitrogen and oxygen atoms in total. The van der Waals surface area contributed by atoms with Crippen molar-refractivity contribution in [1.29, 1.82) is 0 Å². The Morgan fingerprint density at radius 2 is 1.31 bits per heavy atom. The first-order valence-corrected chi connectivity index (χ1v) is 9.88. The minimum atomic E-state index is -1.74. The first-order chi connectivity index (χ1) is 12.3. The molecular weight excluding hydrogens is 340 g/mol. The molecule has 2 N–H and O–H groups in total. The second kappa shape index (κ2) is 4.45. The van der Waals surface area contributed by atoms with Crippen LogP contribution in [0, 0.1) is 34.5 Å². The number of carbonyl (C=O) groups is 2. The molecule has 1 saturated heterocycles. The molecule has 1 aliphatic heterocycles. The highest BCUT2D eigenvalue weighted by atomic mass is 17.3. The van der Waals surface area contributed by atoms with E-state index in [4.69, 9.17) is 14.5 Å². The number of ether oxygens (including phenoxy) is 1. The Morgan fingerprint density at radius 3 is 1.85 bits per heavy atom. The molecule has 0 aromatic heterocycles. The zero-order valence-electron chi connectivity index (χ0n) is 14.6. The van der Waals surface area contributed by atoms with E-state index in [1.165, 1.54) is 6.42 Å². The Labute approximate surface area is 150 Å². The highest BCUT2D eigenvalue weighted by molar-refractivity contribution is 5.98. The highest BCUT2D eigenvalue weighted by Gasteiger charge is 2.77. The van der Waals surface area contributed by atoms with Gasteiger partial charge in [0.2, 0.25) is 11.6 Å². The number of fused-ring (bicyclic) bond motifs is 4. The molecule has 5 aliphatic carbocycles. The lowest BCUT2D eigenvalue weighted by Crippen LogP contribution is -2.52. The van der Waals surface area contributed by atoms with E-state index in [1.807, 2.05) is 0 Å². The van der Waals surface area contributed by atoms with Gasteiger partial charge >= 0.3 is 11.9 Å². The molecular formula is C19H24O7. The topological polar surface area (TPSA) is 102 Å². The van der Waals surface area contributed by atoms with Gasteiger partial charge in [-0.2, -0.15) is 9.78 Å². The summed E-state index contributed by atoms with van der Waals surface area (Å²) in [4.78, 5) is 34.9. The van der Waals surface area contributed by atoms with E-state index < -0.39 is 28.9 Å². The maximum absolute atomic E-state index is 11.6. The van der Waals surface area contributed by atoms with Gasteiger partial charge < -0.3 is 14.9 Å². The molecule has 1 heterocycles. The summed E-state index contributed by atoms with van der Waals surface area (Å²) in [6.45, 7) is 0. The third-order valence-electron chi connectivity index (χ3n) is 9.08. The van der Waals surface area contributed by atoms with Crippen LogP contribution in [0.15, 0.2) is 0 Å². The van der Waals surface area contributed by atoms with Crippen molar-refractivity contribution in [3.63, 3.8) is 0 Å². The Hall–Kier alpha value is -1.18. The summed E-state index contributed by atoms with van der Waals surface area (Å²) in [5.41, 5.74) is -1.20. The van der Waals surface area contributed by atoms with E-state index in [-0.39, 0.29) is 25.7 Å². The van der Waals surface area contributed by atoms with Crippen molar-refractivity contribution in [2.75, 3.05) is 0 Å². The fourth-order valence-corrected chi connectivity index (χ4v) is 7.65. The maximum Gasteiger partial charge on any atom is 0.321 e. The van der Waals surface area contributed by atoms with E-state index in [9.17, 15) is 19.8 Å². The molecule has 4 unspecified atom stereocenters. The van der Waals surface area contributed by atoms with Gasteiger partial charge in [-0.3, -0.25) is 9.59 Å². The number of hydrogen-bond donors (Lipinski definition) is 2. The number of hydrogen-bond acceptors (Lipinski definition) is 5. The zero-order valence-corrected chi connectivity index (χ0v) is 14.6. The minimum Gasteiger partial charge on any atom is -0.480 e. The van der Waals surface area contributed by atoms with Gasteiger partial charge in [-0.05, 0) is 62.2 Å². The summed E-state index contributed by atoms with van der Waals surface area (Å²) < 4.78 is 6.57. The summed E-state index contributed by atoms with van der Waals surface area (Å²) in [5, 5.41) is 18.9. The summed E-state index contributed by atoms with van der Waals surface area (Å²) in [6.07, 6.45) is 6.44. The van der Waals surface area contributed by atoms with Gasteiger partial charge in [-0.1, -0.05) is 0 Å². The van der Waals surface area contributed by atoms with E-state index in [2.05, 4.69) is 0 Å². The zero-order chi connectivity index (χ0) is 17.9. The molecule has 6 rings (SSSR count). The van der Waals surface area contributed by atoms with Crippen LogP contribution in [-0.4, -0.2) is 33.7 Å². The average molecular weight is 364 g/mol. The minimum absolute atomic E-state index is 0.00161. The van der Waals surface area contributed by atoms with E-state index in [0.717, 1.165) is 37.5 Å². The molecule has 3 spiro atoms. The largest absolute Gasteiger partial charge is 0.480 e. The summed E-state index contributed by atoms with van der Waals surface area (Å²) in [5.74, 6) is -1.91. The van der Waals surface area contributed by atoms with Crippen LogP contribution in [0.1, 0.15) is 57.8 Å². The molecule has 6 fully saturated rings. The lowest BCUT2D eigenvalue weighted by Gasteiger charge is -2.49. The molecule has 0 radical (unpaired) electrons. The maximum atomic E-state index is 11.6. The number of aliphatic carboxylic acids is 2. The predicted octanol–water partition coefficient (Wildman–Crippen LogP) is 2.54. The second-order valence-corrected chi connectivity index (χ2v) is 9.73. The van der Waals surface area contributed by atoms with Crippen molar-refractivity contribution in [2.45, 2.75) is 69.4 Å². The number of rotatable bonds is 2. The predicted molar refractivity (Wildman–Crippen MR) is 84.4 cm³/mol. The third-order valence-corrected chi connectivity index (χ3v) is 9.08. The normalized spacial score (nSPS) is 51.5. The Balaban J connectivity index is 1.26. The molecule has 142 valence electrons. The van der Waals surface area contributed by atoms with Crippen LogP contribution in [0.4, 0.5) is 0 Å². The van der Waals surface area contributed by atoms with Gasteiger partial charge in [0.05, 0.1) is 0 Å². The molecule has 0 aromatic carbocycles. The van der Waals surface area contributed by atoms with E-state index in [0.29, 0.717) is 17.3 Å². The summed E-state index contributed by atoms with van der Waals surface area (Å²) in [7, 11) is 0. The van der Waals surface area contributed by atoms with Crippen molar-refractivity contribution in [2.24, 2.45) is 34.5 Å². The SMILES string of the molecule is O=C(O)C1(C(=O)O)CCC2(CC1)OOC1(O2)C2CC3CC4CC1CC34C2. The first-order valence-electron chi connectivity index (χ1n) is 9.88. The van der Waals surface area contributed by atoms with Crippen molar-refractivity contribution in [3.8, 4) is 0 Å². The molecule has 0 amide bonds. The van der Waals surface area contributed by atoms with Crippen LogP contribution in [0.2, 0.25) is 0 Å². The molecule has 26 heavy (non-hydrogen) atoms. The van der Waals surface area contributed by atoms with Crippen molar-refractivity contribution in [3.05, 3.63) is 0 Å². The molecule has 4 atom stereocenters. The number of carboxylic acids is 2. The Kier molecular flexibility index (Phi) is 2.71. The van der Waals surface area contributed by atoms with Crippen LogP contribution < -0.4 is 0 Å². The molecule has 0 aromatic rings. The third kappa shape index (κ3) is 1.55. The summed E-state index contributed by atoms with van der Waals surface area (Å²) in [6, 6.07) is 0. The quantitative estimate of drug-likeness (QED) is 0.573. The number of carboxylic acid groups (broad SMARTS) is 2. The molecule has 7 heteroatoms. The molecule has 6 aliphatic rings. The van der Waals surface area contributed by atoms with Crippen molar-refractivity contribution in [1.82, 2.24) is 0 Å². The van der Waals surface area contributed by atoms with Crippen LogP contribution >= 0.6 is 0 Å². The van der Waals surface area contributed by atoms with Crippen molar-refractivity contribution >= 4 is 11.9 Å². The van der Waals surface area contributed by atoms with Crippen LogP contribution in [0.3, 0.4) is 0 Å². The van der Waals surface area contributed by atoms with Crippen molar-refractivity contribution < 1.29 is 34.3 Å². The van der Waals surface area contributed by atoms with Crippen LogP contribution in [0.25, 0.3) is 0 Å². The fourth-order valence-electron chi connectivity index (χ4n) is 7.65. The lowest BCUT2D eigenvalue weighted by atomic mass is 9.56. The summed E-state index contributed by atoms with van der Waals surface area (Å²) >= 11 is 0. The van der Waals surface area contributed by atoms with Gasteiger partial charge in [0.1, 0.15) is 0 Å². The monoisotopic (exact) mass is 364 g/mol. The Bertz CT molecular complexity index is 667. The van der Waals surface area contributed by atoms with Gasteiger partial charge in [0.25, 0.3) is 0 Å².